The zero-order valence-electron chi connectivity index (χ0n) is 11.0. The molecule has 2 rings (SSSR count). The van der Waals surface area contributed by atoms with E-state index in [2.05, 4.69) is 22.0 Å². The van der Waals surface area contributed by atoms with E-state index in [1.807, 2.05) is 19.1 Å². The first-order chi connectivity index (χ1) is 8.70. The van der Waals surface area contributed by atoms with E-state index in [0.717, 1.165) is 22.6 Å². The molecule has 0 aromatic heterocycles. The second kappa shape index (κ2) is 6.58. The van der Waals surface area contributed by atoms with E-state index in [0.29, 0.717) is 6.61 Å². The maximum absolute atomic E-state index is 6.33. The molecule has 1 aromatic rings. The van der Waals surface area contributed by atoms with Gasteiger partial charge in [0, 0.05) is 10.5 Å². The van der Waals surface area contributed by atoms with Crippen molar-refractivity contribution in [2.45, 2.75) is 45.1 Å². The van der Waals surface area contributed by atoms with E-state index in [4.69, 9.17) is 10.5 Å². The van der Waals surface area contributed by atoms with Crippen molar-refractivity contribution in [3.8, 4) is 5.75 Å². The molecule has 0 aliphatic heterocycles. The van der Waals surface area contributed by atoms with E-state index >= 15 is 0 Å². The summed E-state index contributed by atoms with van der Waals surface area (Å²) in [5.41, 5.74) is 7.53. The van der Waals surface area contributed by atoms with Gasteiger partial charge < -0.3 is 10.5 Å². The molecule has 100 valence electrons. The molecule has 1 aromatic carbocycles. The van der Waals surface area contributed by atoms with Gasteiger partial charge in [0.15, 0.2) is 0 Å². The first-order valence-electron chi connectivity index (χ1n) is 6.88. The largest absolute Gasteiger partial charge is 0.494 e. The van der Waals surface area contributed by atoms with Crippen molar-refractivity contribution < 1.29 is 4.74 Å². The van der Waals surface area contributed by atoms with E-state index < -0.39 is 0 Å². The van der Waals surface area contributed by atoms with E-state index in [1.54, 1.807) is 0 Å². The van der Waals surface area contributed by atoms with E-state index in [-0.39, 0.29) is 6.04 Å². The predicted molar refractivity (Wildman–Crippen MR) is 78.8 cm³/mol. The lowest BCUT2D eigenvalue weighted by atomic mass is 9.94. The molecule has 2 nitrogen and oxygen atoms in total. The second-order valence-electron chi connectivity index (χ2n) is 5.11. The summed E-state index contributed by atoms with van der Waals surface area (Å²) in [6.45, 7) is 2.69. The van der Waals surface area contributed by atoms with Crippen LogP contribution >= 0.6 is 15.9 Å². The lowest BCUT2D eigenvalue weighted by Gasteiger charge is -2.18. The Morgan fingerprint density at radius 3 is 2.72 bits per heavy atom. The van der Waals surface area contributed by atoms with Crippen molar-refractivity contribution >= 4 is 15.9 Å². The number of nitrogens with two attached hydrogens (primary N) is 1. The molecule has 1 unspecified atom stereocenters. The normalized spacial score (nSPS) is 17.9. The van der Waals surface area contributed by atoms with Crippen LogP contribution in [0.5, 0.6) is 5.75 Å². The molecule has 0 saturated heterocycles. The van der Waals surface area contributed by atoms with Gasteiger partial charge in [-0.15, -0.1) is 0 Å². The Hall–Kier alpha value is -0.540. The minimum Gasteiger partial charge on any atom is -0.494 e. The number of halogens is 1. The van der Waals surface area contributed by atoms with Crippen molar-refractivity contribution in [2.75, 3.05) is 6.61 Å². The molecule has 1 atom stereocenters. The Kier molecular flexibility index (Phi) is 5.07. The molecule has 2 N–H and O–H groups in total. The van der Waals surface area contributed by atoms with Gasteiger partial charge in [-0.1, -0.05) is 47.7 Å². The van der Waals surface area contributed by atoms with Gasteiger partial charge in [-0.3, -0.25) is 0 Å². The zero-order chi connectivity index (χ0) is 13.0. The molecule has 18 heavy (non-hydrogen) atoms. The second-order valence-corrected chi connectivity index (χ2v) is 5.96. The summed E-state index contributed by atoms with van der Waals surface area (Å²) in [7, 11) is 0. The molecule has 1 fully saturated rings. The highest BCUT2D eigenvalue weighted by atomic mass is 79.9. The summed E-state index contributed by atoms with van der Waals surface area (Å²) in [4.78, 5) is 0. The van der Waals surface area contributed by atoms with Gasteiger partial charge in [0.05, 0.1) is 6.61 Å². The first kappa shape index (κ1) is 13.9. The Bertz CT molecular complexity index is 388. The fourth-order valence-corrected chi connectivity index (χ4v) is 3.45. The fraction of sp³-hybridized carbons (Fsp3) is 0.600. The van der Waals surface area contributed by atoms with Crippen LogP contribution in [0.25, 0.3) is 0 Å². The molecular weight excluding hydrogens is 290 g/mol. The third-order valence-electron chi connectivity index (χ3n) is 3.74. The van der Waals surface area contributed by atoms with Crippen molar-refractivity contribution in [3.63, 3.8) is 0 Å². The molecule has 1 saturated carbocycles. The lowest BCUT2D eigenvalue weighted by Crippen LogP contribution is -2.14. The molecule has 0 bridgehead atoms. The maximum Gasteiger partial charge on any atom is 0.120 e. The van der Waals surface area contributed by atoms with Gasteiger partial charge >= 0.3 is 0 Å². The van der Waals surface area contributed by atoms with Gasteiger partial charge in [-0.25, -0.2) is 0 Å². The van der Waals surface area contributed by atoms with Crippen molar-refractivity contribution in [1.29, 1.82) is 0 Å². The van der Waals surface area contributed by atoms with Crippen molar-refractivity contribution in [1.82, 2.24) is 0 Å². The van der Waals surface area contributed by atoms with Crippen LogP contribution in [0.1, 0.15) is 50.6 Å². The van der Waals surface area contributed by atoms with Crippen LogP contribution in [0.4, 0.5) is 0 Å². The SMILES string of the molecule is CCOc1ccc(C(N)CC2CCCC2)c(Br)c1. The van der Waals surface area contributed by atoms with Crippen LogP contribution in [0.3, 0.4) is 0 Å². The molecule has 1 aliphatic carbocycles. The monoisotopic (exact) mass is 311 g/mol. The van der Waals surface area contributed by atoms with Crippen molar-refractivity contribution in [3.05, 3.63) is 28.2 Å². The topological polar surface area (TPSA) is 35.2 Å². The first-order valence-corrected chi connectivity index (χ1v) is 7.67. The highest BCUT2D eigenvalue weighted by Crippen LogP contribution is 2.35. The molecule has 0 radical (unpaired) electrons. The Balaban J connectivity index is 2.02. The van der Waals surface area contributed by atoms with Crippen LogP contribution in [-0.2, 0) is 0 Å². The quantitative estimate of drug-likeness (QED) is 0.873. The summed E-state index contributed by atoms with van der Waals surface area (Å²) < 4.78 is 6.55. The number of hydrogen-bond donors (Lipinski definition) is 1. The lowest BCUT2D eigenvalue weighted by molar-refractivity contribution is 0.339. The van der Waals surface area contributed by atoms with Crippen LogP contribution in [0, 0.1) is 5.92 Å². The number of hydrogen-bond acceptors (Lipinski definition) is 2. The van der Waals surface area contributed by atoms with Gasteiger partial charge in [0.25, 0.3) is 0 Å². The van der Waals surface area contributed by atoms with Gasteiger partial charge in [0.2, 0.25) is 0 Å². The van der Waals surface area contributed by atoms with Gasteiger partial charge in [-0.05, 0) is 37.0 Å². The molecule has 0 amide bonds. The van der Waals surface area contributed by atoms with E-state index in [1.165, 1.54) is 31.2 Å². The van der Waals surface area contributed by atoms with Crippen LogP contribution in [0.2, 0.25) is 0 Å². The molecule has 0 heterocycles. The minimum atomic E-state index is 0.137. The fourth-order valence-electron chi connectivity index (χ4n) is 2.80. The average Bonchev–Trinajstić information content (AvgIpc) is 2.82. The summed E-state index contributed by atoms with van der Waals surface area (Å²) in [6.07, 6.45) is 6.56. The Labute approximate surface area is 118 Å². The van der Waals surface area contributed by atoms with Crippen molar-refractivity contribution in [2.24, 2.45) is 11.7 Å². The number of rotatable bonds is 5. The number of benzene rings is 1. The summed E-state index contributed by atoms with van der Waals surface area (Å²) in [6, 6.07) is 6.26. The van der Waals surface area contributed by atoms with Gasteiger partial charge in [0.1, 0.15) is 5.75 Å². The molecular formula is C15H22BrNO. The molecule has 3 heteroatoms. The standard InChI is InChI=1S/C15H22BrNO/c1-2-18-12-7-8-13(14(16)10-12)15(17)9-11-5-3-4-6-11/h7-8,10-11,15H,2-6,9,17H2,1H3. The predicted octanol–water partition coefficient (Wildman–Crippen LogP) is 4.43. The van der Waals surface area contributed by atoms with Crippen LogP contribution < -0.4 is 10.5 Å². The zero-order valence-corrected chi connectivity index (χ0v) is 12.6. The van der Waals surface area contributed by atoms with Crippen LogP contribution in [-0.4, -0.2) is 6.61 Å². The van der Waals surface area contributed by atoms with E-state index in [9.17, 15) is 0 Å². The molecule has 0 spiro atoms. The highest BCUT2D eigenvalue weighted by Gasteiger charge is 2.20. The smallest absolute Gasteiger partial charge is 0.120 e. The Morgan fingerprint density at radius 2 is 2.11 bits per heavy atom. The summed E-state index contributed by atoms with van der Waals surface area (Å²) in [5.74, 6) is 1.72. The third-order valence-corrected chi connectivity index (χ3v) is 4.43. The minimum absolute atomic E-state index is 0.137. The number of ether oxygens (including phenoxy) is 1. The molecule has 1 aliphatic rings. The average molecular weight is 312 g/mol. The summed E-state index contributed by atoms with van der Waals surface area (Å²) >= 11 is 3.61. The van der Waals surface area contributed by atoms with Crippen LogP contribution in [0.15, 0.2) is 22.7 Å². The highest BCUT2D eigenvalue weighted by molar-refractivity contribution is 9.10. The maximum atomic E-state index is 6.33. The van der Waals surface area contributed by atoms with Gasteiger partial charge in [-0.2, -0.15) is 0 Å². The summed E-state index contributed by atoms with van der Waals surface area (Å²) in [5, 5.41) is 0. The Morgan fingerprint density at radius 1 is 1.39 bits per heavy atom. The third kappa shape index (κ3) is 3.48.